The maximum atomic E-state index is 13.4. The average molecular weight is 443 g/mol. The number of likely N-dealkylation sites (tertiary alicyclic amines) is 1. The fourth-order valence-electron chi connectivity index (χ4n) is 4.46. The highest BCUT2D eigenvalue weighted by molar-refractivity contribution is 5.95. The number of ether oxygens (including phenoxy) is 2. The number of oxazole rings is 1. The summed E-state index contributed by atoms with van der Waals surface area (Å²) in [6.07, 6.45) is 1.70. The normalized spacial score (nSPS) is 15.7. The summed E-state index contributed by atoms with van der Waals surface area (Å²) in [7, 11) is 3.15. The van der Waals surface area contributed by atoms with E-state index in [1.807, 2.05) is 23.1 Å². The standard InChI is InChI=1S/C27H26N2O4/c1-17-6-4-7-18(12-17)19-9-10-25-23(15-19)28-26(33-25)24-8-5-11-29(24)27(30)20-13-21(31-2)16-22(14-20)32-3/h4,6-7,9-10,12-16,24H,5,8,11H2,1-3H3/t24-/m1/s1. The summed E-state index contributed by atoms with van der Waals surface area (Å²) in [4.78, 5) is 20.0. The Morgan fingerprint density at radius 2 is 1.76 bits per heavy atom. The second-order valence-electron chi connectivity index (χ2n) is 8.36. The predicted molar refractivity (Wildman–Crippen MR) is 127 cm³/mol. The maximum Gasteiger partial charge on any atom is 0.254 e. The third kappa shape index (κ3) is 4.04. The molecule has 6 heteroatoms. The zero-order chi connectivity index (χ0) is 22.9. The number of aryl methyl sites for hydroxylation is 1. The van der Waals surface area contributed by atoms with E-state index in [4.69, 9.17) is 18.9 Å². The van der Waals surface area contributed by atoms with E-state index >= 15 is 0 Å². The molecule has 5 rings (SSSR count). The predicted octanol–water partition coefficient (Wildman–Crippen LogP) is 5.80. The minimum atomic E-state index is -0.204. The second kappa shape index (κ2) is 8.62. The lowest BCUT2D eigenvalue weighted by Gasteiger charge is -2.22. The Bertz CT molecular complexity index is 1300. The minimum absolute atomic E-state index is 0.0857. The summed E-state index contributed by atoms with van der Waals surface area (Å²) in [6.45, 7) is 2.73. The highest BCUT2D eigenvalue weighted by Gasteiger charge is 2.34. The van der Waals surface area contributed by atoms with E-state index in [0.717, 1.165) is 35.1 Å². The number of nitrogens with zero attached hydrogens (tertiary/aromatic N) is 2. The van der Waals surface area contributed by atoms with Gasteiger partial charge in [-0.3, -0.25) is 4.79 Å². The van der Waals surface area contributed by atoms with Crippen LogP contribution >= 0.6 is 0 Å². The van der Waals surface area contributed by atoms with Gasteiger partial charge in [-0.15, -0.1) is 0 Å². The van der Waals surface area contributed by atoms with Crippen molar-refractivity contribution in [3.63, 3.8) is 0 Å². The summed E-state index contributed by atoms with van der Waals surface area (Å²) in [5.74, 6) is 1.66. The SMILES string of the molecule is COc1cc(OC)cc(C(=O)N2CCC[C@@H]2c2nc3cc(-c4cccc(C)c4)ccc3o2)c1. The number of fused-ring (bicyclic) bond motifs is 1. The number of hydrogen-bond donors (Lipinski definition) is 0. The zero-order valence-electron chi connectivity index (χ0n) is 19.0. The van der Waals surface area contributed by atoms with E-state index in [0.29, 0.717) is 29.5 Å². The van der Waals surface area contributed by atoms with Crippen molar-refractivity contribution < 1.29 is 18.7 Å². The molecule has 1 amide bonds. The summed E-state index contributed by atoms with van der Waals surface area (Å²) in [5.41, 5.74) is 5.49. The number of hydrogen-bond acceptors (Lipinski definition) is 5. The third-order valence-corrected chi connectivity index (χ3v) is 6.15. The number of rotatable bonds is 5. The van der Waals surface area contributed by atoms with Crippen LogP contribution in [0.25, 0.3) is 22.2 Å². The van der Waals surface area contributed by atoms with Crippen LogP contribution in [0.1, 0.15) is 40.7 Å². The minimum Gasteiger partial charge on any atom is -0.497 e. The second-order valence-corrected chi connectivity index (χ2v) is 8.36. The van der Waals surface area contributed by atoms with Crippen LogP contribution < -0.4 is 9.47 Å². The molecule has 3 aromatic carbocycles. The lowest BCUT2D eigenvalue weighted by Crippen LogP contribution is -2.30. The highest BCUT2D eigenvalue weighted by Crippen LogP contribution is 2.36. The Kier molecular flexibility index (Phi) is 5.50. The molecule has 2 heterocycles. The van der Waals surface area contributed by atoms with Crippen molar-refractivity contribution in [3.05, 3.63) is 77.7 Å². The molecule has 0 aliphatic carbocycles. The molecule has 0 spiro atoms. The van der Waals surface area contributed by atoms with Crippen LogP contribution in [0.2, 0.25) is 0 Å². The molecule has 1 saturated heterocycles. The van der Waals surface area contributed by atoms with Gasteiger partial charge < -0.3 is 18.8 Å². The number of benzene rings is 3. The molecule has 6 nitrogen and oxygen atoms in total. The average Bonchev–Trinajstić information content (AvgIpc) is 3.49. The van der Waals surface area contributed by atoms with Crippen LogP contribution in [0.3, 0.4) is 0 Å². The topological polar surface area (TPSA) is 64.8 Å². The van der Waals surface area contributed by atoms with Gasteiger partial charge in [-0.2, -0.15) is 0 Å². The Balaban J connectivity index is 1.46. The quantitative estimate of drug-likeness (QED) is 0.391. The number of amides is 1. The van der Waals surface area contributed by atoms with Gasteiger partial charge in [0.2, 0.25) is 5.89 Å². The van der Waals surface area contributed by atoms with Crippen LogP contribution in [0.4, 0.5) is 0 Å². The van der Waals surface area contributed by atoms with Crippen molar-refractivity contribution in [2.24, 2.45) is 0 Å². The molecule has 1 aromatic heterocycles. The van der Waals surface area contributed by atoms with Gasteiger partial charge in [0.15, 0.2) is 5.58 Å². The van der Waals surface area contributed by atoms with Crippen LogP contribution in [0.15, 0.2) is 65.1 Å². The fraction of sp³-hybridized carbons (Fsp3) is 0.259. The molecule has 0 bridgehead atoms. The van der Waals surface area contributed by atoms with Crippen LogP contribution in [0, 0.1) is 6.92 Å². The van der Waals surface area contributed by atoms with Gasteiger partial charge in [-0.25, -0.2) is 4.98 Å². The molecule has 1 aliphatic rings. The van der Waals surface area contributed by atoms with Crippen LogP contribution in [-0.2, 0) is 0 Å². The van der Waals surface area contributed by atoms with Crippen molar-refractivity contribution in [2.45, 2.75) is 25.8 Å². The summed E-state index contributed by atoms with van der Waals surface area (Å²) >= 11 is 0. The Morgan fingerprint density at radius 3 is 2.48 bits per heavy atom. The van der Waals surface area contributed by atoms with E-state index < -0.39 is 0 Å². The smallest absolute Gasteiger partial charge is 0.254 e. The highest BCUT2D eigenvalue weighted by atomic mass is 16.5. The van der Waals surface area contributed by atoms with Crippen molar-refractivity contribution in [1.29, 1.82) is 0 Å². The van der Waals surface area contributed by atoms with E-state index in [1.165, 1.54) is 5.56 Å². The molecular weight excluding hydrogens is 416 g/mol. The van der Waals surface area contributed by atoms with Crippen LogP contribution in [0.5, 0.6) is 11.5 Å². The Morgan fingerprint density at radius 1 is 1.00 bits per heavy atom. The monoisotopic (exact) mass is 442 g/mol. The van der Waals surface area contributed by atoms with Crippen molar-refractivity contribution >= 4 is 17.0 Å². The van der Waals surface area contributed by atoms with Crippen molar-refractivity contribution in [3.8, 4) is 22.6 Å². The Labute approximate surface area is 192 Å². The van der Waals surface area contributed by atoms with Gasteiger partial charge >= 0.3 is 0 Å². The van der Waals surface area contributed by atoms with Gasteiger partial charge in [-0.05, 0) is 55.2 Å². The first-order valence-electron chi connectivity index (χ1n) is 11.1. The number of methoxy groups -OCH3 is 2. The Hall–Kier alpha value is -3.80. The van der Waals surface area contributed by atoms with Crippen LogP contribution in [-0.4, -0.2) is 36.6 Å². The van der Waals surface area contributed by atoms with Crippen molar-refractivity contribution in [1.82, 2.24) is 9.88 Å². The number of carbonyl (C=O) groups excluding carboxylic acids is 1. The molecule has 0 unspecified atom stereocenters. The van der Waals surface area contributed by atoms with E-state index in [2.05, 4.69) is 31.2 Å². The summed E-state index contributed by atoms with van der Waals surface area (Å²) in [6, 6.07) is 19.5. The lowest BCUT2D eigenvalue weighted by molar-refractivity contribution is 0.0716. The van der Waals surface area contributed by atoms with E-state index in [1.54, 1.807) is 32.4 Å². The zero-order valence-corrected chi connectivity index (χ0v) is 19.0. The van der Waals surface area contributed by atoms with Gasteiger partial charge in [0.05, 0.1) is 14.2 Å². The maximum absolute atomic E-state index is 13.4. The molecular formula is C27H26N2O4. The summed E-state index contributed by atoms with van der Waals surface area (Å²) < 4.78 is 16.8. The molecule has 0 saturated carbocycles. The van der Waals surface area contributed by atoms with Gasteiger partial charge in [0.1, 0.15) is 23.1 Å². The molecule has 1 aliphatic heterocycles. The first-order valence-corrected chi connectivity index (χ1v) is 11.1. The lowest BCUT2D eigenvalue weighted by atomic mass is 10.0. The molecule has 0 radical (unpaired) electrons. The third-order valence-electron chi connectivity index (χ3n) is 6.15. The number of carbonyl (C=O) groups is 1. The number of aromatic nitrogens is 1. The molecule has 0 N–H and O–H groups in total. The fourth-order valence-corrected chi connectivity index (χ4v) is 4.46. The van der Waals surface area contributed by atoms with Crippen molar-refractivity contribution in [2.75, 3.05) is 20.8 Å². The first-order chi connectivity index (χ1) is 16.1. The largest absolute Gasteiger partial charge is 0.497 e. The van der Waals surface area contributed by atoms with E-state index in [-0.39, 0.29) is 11.9 Å². The molecule has 4 aromatic rings. The summed E-state index contributed by atoms with van der Waals surface area (Å²) in [5, 5.41) is 0. The van der Waals surface area contributed by atoms with Gasteiger partial charge in [0, 0.05) is 18.2 Å². The molecule has 1 atom stereocenters. The van der Waals surface area contributed by atoms with Gasteiger partial charge in [-0.1, -0.05) is 35.9 Å². The van der Waals surface area contributed by atoms with E-state index in [9.17, 15) is 4.79 Å². The molecule has 1 fully saturated rings. The molecule has 33 heavy (non-hydrogen) atoms. The van der Waals surface area contributed by atoms with Gasteiger partial charge in [0.25, 0.3) is 5.91 Å². The molecule has 168 valence electrons. The first kappa shape index (κ1) is 21.1.